The zero-order chi connectivity index (χ0) is 15.0. The first-order valence-corrected chi connectivity index (χ1v) is 8.67. The van der Waals surface area contributed by atoms with Crippen molar-refractivity contribution < 1.29 is 0 Å². The van der Waals surface area contributed by atoms with Gasteiger partial charge in [0.1, 0.15) is 11.4 Å². The Morgan fingerprint density at radius 1 is 1.27 bits per heavy atom. The van der Waals surface area contributed by atoms with Gasteiger partial charge in [-0.05, 0) is 36.3 Å². The van der Waals surface area contributed by atoms with Crippen LogP contribution in [0.2, 0.25) is 0 Å². The van der Waals surface area contributed by atoms with E-state index >= 15 is 0 Å². The van der Waals surface area contributed by atoms with Crippen molar-refractivity contribution in [3.63, 3.8) is 0 Å². The molecule has 2 unspecified atom stereocenters. The molecule has 0 spiro atoms. The van der Waals surface area contributed by atoms with Crippen molar-refractivity contribution in [2.45, 2.75) is 36.6 Å². The van der Waals surface area contributed by atoms with Crippen LogP contribution < -0.4 is 5.32 Å². The Morgan fingerprint density at radius 3 is 2.86 bits per heavy atom. The molecule has 1 aliphatic carbocycles. The maximum Gasteiger partial charge on any atom is 0.118 e. The van der Waals surface area contributed by atoms with E-state index in [1.807, 2.05) is 24.2 Å². The number of benzene rings is 1. The first-order chi connectivity index (χ1) is 10.8. The van der Waals surface area contributed by atoms with E-state index in [1.165, 1.54) is 24.0 Å². The van der Waals surface area contributed by atoms with Crippen molar-refractivity contribution in [1.29, 1.82) is 0 Å². The van der Waals surface area contributed by atoms with Crippen LogP contribution in [0.15, 0.2) is 57.4 Å². The van der Waals surface area contributed by atoms with Gasteiger partial charge in [-0.15, -0.1) is 11.8 Å². The average molecular weight is 309 g/mol. The highest BCUT2D eigenvalue weighted by molar-refractivity contribution is 8.03. The molecule has 3 aliphatic rings. The number of nitrogens with zero attached hydrogens (tertiary/aromatic N) is 2. The maximum atomic E-state index is 4.82. The van der Waals surface area contributed by atoms with E-state index < -0.39 is 0 Å². The molecule has 0 radical (unpaired) electrons. The van der Waals surface area contributed by atoms with Gasteiger partial charge in [0.2, 0.25) is 0 Å². The summed E-state index contributed by atoms with van der Waals surface area (Å²) in [6, 6.07) is 10.9. The smallest absolute Gasteiger partial charge is 0.118 e. The molecular weight excluding hydrogens is 290 g/mol. The van der Waals surface area contributed by atoms with Gasteiger partial charge in [0.25, 0.3) is 0 Å². The molecule has 1 saturated carbocycles. The fourth-order valence-electron chi connectivity index (χ4n) is 2.79. The molecule has 22 heavy (non-hydrogen) atoms. The number of nitrogens with one attached hydrogen (secondary N) is 1. The van der Waals surface area contributed by atoms with Crippen LogP contribution in [0.5, 0.6) is 0 Å². The molecular formula is C18H19N3S. The van der Waals surface area contributed by atoms with E-state index in [0.29, 0.717) is 6.04 Å². The van der Waals surface area contributed by atoms with Crippen molar-refractivity contribution in [3.8, 4) is 0 Å². The maximum absolute atomic E-state index is 4.82. The van der Waals surface area contributed by atoms with Gasteiger partial charge < -0.3 is 5.32 Å². The van der Waals surface area contributed by atoms with Crippen LogP contribution in [0.3, 0.4) is 0 Å². The molecule has 1 fully saturated rings. The highest BCUT2D eigenvalue weighted by Gasteiger charge is 2.46. The summed E-state index contributed by atoms with van der Waals surface area (Å²) < 4.78 is 0. The lowest BCUT2D eigenvalue weighted by molar-refractivity contribution is 0.595. The Labute approximate surface area is 135 Å². The molecule has 4 rings (SSSR count). The van der Waals surface area contributed by atoms with E-state index in [0.717, 1.165) is 5.84 Å². The standard InChI is InChI=1S/C18H19N3S/c1-18-14(8-7-13-5-3-2-4-6-13)11-22-16(18)17(19-12-20-18)21-15-9-10-15/h2-8,11-12,15-16H,9-10H2,1H3,(H,19,20,21)/b8-7+. The molecule has 3 nitrogen and oxygen atoms in total. The first kappa shape index (κ1) is 13.8. The van der Waals surface area contributed by atoms with Crippen molar-refractivity contribution in [2.75, 3.05) is 0 Å². The van der Waals surface area contributed by atoms with Crippen LogP contribution in [0.25, 0.3) is 6.08 Å². The van der Waals surface area contributed by atoms with Gasteiger partial charge in [-0.25, -0.2) is 0 Å². The minimum atomic E-state index is -0.213. The van der Waals surface area contributed by atoms with Gasteiger partial charge in [0.15, 0.2) is 0 Å². The van der Waals surface area contributed by atoms with Crippen molar-refractivity contribution in [2.24, 2.45) is 9.98 Å². The monoisotopic (exact) mass is 309 g/mol. The Balaban J connectivity index is 1.59. The van der Waals surface area contributed by atoms with Crippen molar-refractivity contribution in [3.05, 3.63) is 53.0 Å². The zero-order valence-corrected chi connectivity index (χ0v) is 13.4. The minimum absolute atomic E-state index is 0.213. The minimum Gasteiger partial charge on any atom is -0.334 e. The average Bonchev–Trinajstić information content (AvgIpc) is 3.28. The molecule has 0 bridgehead atoms. The van der Waals surface area contributed by atoms with Crippen LogP contribution in [-0.2, 0) is 0 Å². The van der Waals surface area contributed by atoms with Crippen LogP contribution in [0, 0.1) is 0 Å². The molecule has 2 heterocycles. The first-order valence-electron chi connectivity index (χ1n) is 7.73. The fourth-order valence-corrected chi connectivity index (χ4v) is 4.11. The van der Waals surface area contributed by atoms with Crippen molar-refractivity contribution in [1.82, 2.24) is 5.32 Å². The molecule has 4 heteroatoms. The van der Waals surface area contributed by atoms with Gasteiger partial charge >= 0.3 is 0 Å². The summed E-state index contributed by atoms with van der Waals surface area (Å²) >= 11 is 1.83. The van der Waals surface area contributed by atoms with E-state index in [2.05, 4.69) is 54.1 Å². The number of amidine groups is 1. The number of fused-ring (bicyclic) bond motifs is 1. The van der Waals surface area contributed by atoms with E-state index in [-0.39, 0.29) is 10.8 Å². The SMILES string of the molecule is CC12N=CNC(=NC3CC3)C1SC=C2/C=C/c1ccccc1. The highest BCUT2D eigenvalue weighted by Crippen LogP contribution is 2.44. The predicted octanol–water partition coefficient (Wildman–Crippen LogP) is 3.65. The lowest BCUT2D eigenvalue weighted by atomic mass is 9.87. The normalized spacial score (nSPS) is 32.1. The summed E-state index contributed by atoms with van der Waals surface area (Å²) in [6.45, 7) is 2.21. The molecule has 0 aromatic heterocycles. The summed E-state index contributed by atoms with van der Waals surface area (Å²) in [4.78, 5) is 9.56. The third kappa shape index (κ3) is 2.52. The fraction of sp³-hybridized carbons (Fsp3) is 0.333. The Kier molecular flexibility index (Phi) is 3.41. The van der Waals surface area contributed by atoms with E-state index in [9.17, 15) is 0 Å². The number of rotatable bonds is 3. The van der Waals surface area contributed by atoms with Gasteiger partial charge in [0, 0.05) is 0 Å². The molecule has 0 amide bonds. The number of aliphatic imine (C=N–C) groups is 2. The molecule has 112 valence electrons. The summed E-state index contributed by atoms with van der Waals surface area (Å²) in [6.07, 6.45) is 8.62. The summed E-state index contributed by atoms with van der Waals surface area (Å²) in [5, 5.41) is 5.77. The third-order valence-electron chi connectivity index (χ3n) is 4.34. The largest absolute Gasteiger partial charge is 0.334 e. The Morgan fingerprint density at radius 2 is 2.09 bits per heavy atom. The van der Waals surface area contributed by atoms with Crippen LogP contribution in [0.4, 0.5) is 0 Å². The quantitative estimate of drug-likeness (QED) is 0.925. The second kappa shape index (κ2) is 5.43. The van der Waals surface area contributed by atoms with E-state index in [4.69, 9.17) is 9.98 Å². The Bertz CT molecular complexity index is 686. The van der Waals surface area contributed by atoms with E-state index in [1.54, 1.807) is 0 Å². The number of hydrogen-bond acceptors (Lipinski definition) is 3. The molecule has 1 N–H and O–H groups in total. The van der Waals surface area contributed by atoms with Crippen LogP contribution in [0.1, 0.15) is 25.3 Å². The topological polar surface area (TPSA) is 36.8 Å². The predicted molar refractivity (Wildman–Crippen MR) is 95.4 cm³/mol. The molecule has 2 aliphatic heterocycles. The van der Waals surface area contributed by atoms with Gasteiger partial charge in [0.05, 0.1) is 17.6 Å². The second-order valence-corrected chi connectivity index (χ2v) is 7.11. The third-order valence-corrected chi connectivity index (χ3v) is 5.69. The van der Waals surface area contributed by atoms with Gasteiger partial charge in [-0.3, -0.25) is 9.98 Å². The lowest BCUT2D eigenvalue weighted by Gasteiger charge is -2.33. The summed E-state index contributed by atoms with van der Waals surface area (Å²) in [5.41, 5.74) is 2.26. The Hall–Kier alpha value is -1.81. The van der Waals surface area contributed by atoms with Gasteiger partial charge in [-0.2, -0.15) is 0 Å². The summed E-state index contributed by atoms with van der Waals surface area (Å²) in [5.74, 6) is 1.09. The molecule has 1 aromatic rings. The second-order valence-electron chi connectivity index (χ2n) is 6.13. The lowest BCUT2D eigenvalue weighted by Crippen LogP contribution is -2.49. The number of thioether (sulfide) groups is 1. The molecule has 0 saturated heterocycles. The van der Waals surface area contributed by atoms with Crippen LogP contribution in [-0.4, -0.2) is 29.0 Å². The zero-order valence-electron chi connectivity index (χ0n) is 12.6. The molecule has 2 atom stereocenters. The molecule has 1 aromatic carbocycles. The number of hydrogen-bond donors (Lipinski definition) is 1. The van der Waals surface area contributed by atoms with Crippen LogP contribution >= 0.6 is 11.8 Å². The highest BCUT2D eigenvalue weighted by atomic mass is 32.2. The van der Waals surface area contributed by atoms with Gasteiger partial charge in [-0.1, -0.05) is 42.5 Å². The summed E-state index contributed by atoms with van der Waals surface area (Å²) in [7, 11) is 0. The van der Waals surface area contributed by atoms with Crippen molar-refractivity contribution >= 4 is 30.0 Å².